The molecule has 0 aliphatic carbocycles. The minimum absolute atomic E-state index is 0.0312. The summed E-state index contributed by atoms with van der Waals surface area (Å²) in [5.74, 6) is -1.28. The number of allylic oxidation sites excluding steroid dienone is 1. The van der Waals surface area contributed by atoms with E-state index < -0.39 is 19.2 Å². The van der Waals surface area contributed by atoms with Crippen LogP contribution < -0.4 is 15.9 Å². The first-order valence-electron chi connectivity index (χ1n) is 12.5. The molecule has 0 unspecified atom stereocenters. The van der Waals surface area contributed by atoms with Crippen LogP contribution in [0.25, 0.3) is 0 Å². The molecule has 0 aliphatic rings. The van der Waals surface area contributed by atoms with E-state index in [-0.39, 0.29) is 5.57 Å². The van der Waals surface area contributed by atoms with Gasteiger partial charge in [0.2, 0.25) is 0 Å². The molecule has 5 heteroatoms. The maximum absolute atomic E-state index is 13.0. The Morgan fingerprint density at radius 2 is 1.06 bits per heavy atom. The molecular weight excluding hydrogens is 467 g/mol. The van der Waals surface area contributed by atoms with Crippen molar-refractivity contribution in [3.63, 3.8) is 0 Å². The first-order valence-corrected chi connectivity index (χ1v) is 14.5. The number of benzene rings is 3. The summed E-state index contributed by atoms with van der Waals surface area (Å²) in [6.07, 6.45) is 5.32. The molecule has 0 aromatic heterocycles. The van der Waals surface area contributed by atoms with E-state index in [0.29, 0.717) is 12.6 Å². The van der Waals surface area contributed by atoms with E-state index in [4.69, 9.17) is 9.47 Å². The zero-order valence-corrected chi connectivity index (χ0v) is 22.4. The molecule has 0 fully saturated rings. The highest BCUT2D eigenvalue weighted by Gasteiger charge is 2.47. The smallest absolute Gasteiger partial charge is 0.345 e. The van der Waals surface area contributed by atoms with E-state index in [9.17, 15) is 9.59 Å². The topological polar surface area (TPSA) is 52.6 Å². The van der Waals surface area contributed by atoms with Crippen molar-refractivity contribution in [1.29, 1.82) is 0 Å². The molecule has 0 saturated heterocycles. The molecule has 0 heterocycles. The lowest BCUT2D eigenvalue weighted by Crippen LogP contribution is -2.35. The van der Waals surface area contributed by atoms with E-state index >= 15 is 0 Å². The second kappa shape index (κ2) is 13.8. The summed E-state index contributed by atoms with van der Waals surface area (Å²) < 4.78 is 10.2. The second-order valence-electron chi connectivity index (χ2n) is 8.75. The molecule has 0 saturated carbocycles. The lowest BCUT2D eigenvalue weighted by Gasteiger charge is -2.29. The van der Waals surface area contributed by atoms with Crippen LogP contribution in [0.15, 0.2) is 102 Å². The molecule has 0 bridgehead atoms. The number of unbranched alkanes of at least 4 members (excludes halogenated alkanes) is 3. The maximum Gasteiger partial charge on any atom is 0.345 e. The van der Waals surface area contributed by atoms with Crippen LogP contribution in [0, 0.1) is 0 Å². The van der Waals surface area contributed by atoms with Crippen LogP contribution in [0.5, 0.6) is 0 Å². The summed E-state index contributed by atoms with van der Waals surface area (Å²) in [4.78, 5) is 25.9. The molecule has 3 aromatic carbocycles. The van der Waals surface area contributed by atoms with Gasteiger partial charge in [-0.1, -0.05) is 80.8 Å². The van der Waals surface area contributed by atoms with Crippen molar-refractivity contribution in [2.24, 2.45) is 0 Å². The van der Waals surface area contributed by atoms with Gasteiger partial charge in [-0.3, -0.25) is 0 Å². The third kappa shape index (κ3) is 6.30. The van der Waals surface area contributed by atoms with Crippen LogP contribution in [0.1, 0.15) is 39.0 Å². The Labute approximate surface area is 215 Å². The molecule has 36 heavy (non-hydrogen) atoms. The predicted octanol–water partition coefficient (Wildman–Crippen LogP) is 5.59. The number of hydrogen-bond donors (Lipinski definition) is 0. The number of carbonyl (C=O) groups excluding carboxylic acids is 2. The number of carbonyl (C=O) groups is 2. The average molecular weight is 504 g/mol. The molecule has 3 aromatic rings. The fourth-order valence-electron chi connectivity index (χ4n) is 4.68. The van der Waals surface area contributed by atoms with Crippen molar-refractivity contribution in [2.45, 2.75) is 39.0 Å². The van der Waals surface area contributed by atoms with Gasteiger partial charge in [0.25, 0.3) is 0 Å². The number of hydrogen-bond acceptors (Lipinski definition) is 4. The van der Waals surface area contributed by atoms with Gasteiger partial charge in [-0.2, -0.15) is 0 Å². The summed E-state index contributed by atoms with van der Waals surface area (Å²) in [5, 5.41) is 3.59. The van der Waals surface area contributed by atoms with Gasteiger partial charge in [0.05, 0.1) is 20.4 Å². The maximum atomic E-state index is 13.0. The van der Waals surface area contributed by atoms with E-state index in [1.807, 2.05) is 18.2 Å². The van der Waals surface area contributed by atoms with Gasteiger partial charge in [-0.25, -0.2) is 9.59 Å². The fourth-order valence-corrected chi connectivity index (χ4v) is 9.05. The normalized spacial score (nSPS) is 11.0. The Bertz CT molecular complexity index is 1030. The molecule has 0 N–H and O–H groups in total. The monoisotopic (exact) mass is 503 g/mol. The van der Waals surface area contributed by atoms with E-state index in [0.717, 1.165) is 31.3 Å². The van der Waals surface area contributed by atoms with Crippen molar-refractivity contribution in [1.82, 2.24) is 0 Å². The van der Waals surface area contributed by atoms with E-state index in [1.165, 1.54) is 30.1 Å². The van der Waals surface area contributed by atoms with Crippen molar-refractivity contribution in [3.8, 4) is 0 Å². The zero-order valence-electron chi connectivity index (χ0n) is 21.5. The van der Waals surface area contributed by atoms with Crippen LogP contribution in [-0.4, -0.2) is 32.3 Å². The molecule has 0 radical (unpaired) electrons. The lowest BCUT2D eigenvalue weighted by atomic mass is 10.0. The largest absolute Gasteiger partial charge is 0.465 e. The average Bonchev–Trinajstić information content (AvgIpc) is 2.94. The quantitative estimate of drug-likeness (QED) is 0.0807. The molecule has 188 valence electrons. The summed E-state index contributed by atoms with van der Waals surface area (Å²) >= 11 is 0. The number of rotatable bonds is 12. The Morgan fingerprint density at radius 1 is 0.639 bits per heavy atom. The first kappa shape index (κ1) is 27.4. The number of esters is 2. The summed E-state index contributed by atoms with van der Waals surface area (Å²) in [6.45, 7) is 2.17. The van der Waals surface area contributed by atoms with Crippen LogP contribution in [0.2, 0.25) is 0 Å². The predicted molar refractivity (Wildman–Crippen MR) is 150 cm³/mol. The number of methoxy groups -OCH3 is 2. The third-order valence-corrected chi connectivity index (χ3v) is 10.9. The Hall–Kier alpha value is -3.23. The van der Waals surface area contributed by atoms with Gasteiger partial charge in [-0.15, -0.1) is 0 Å². The highest BCUT2D eigenvalue weighted by Crippen LogP contribution is 2.57. The van der Waals surface area contributed by atoms with Crippen molar-refractivity contribution < 1.29 is 19.1 Å². The summed E-state index contributed by atoms with van der Waals surface area (Å²) in [6, 6.07) is 31.4. The van der Waals surface area contributed by atoms with Crippen molar-refractivity contribution in [3.05, 3.63) is 102 Å². The van der Waals surface area contributed by atoms with Gasteiger partial charge in [0.15, 0.2) is 0 Å². The second-order valence-corrected chi connectivity index (χ2v) is 12.2. The minimum atomic E-state index is -2.29. The van der Waals surface area contributed by atoms with E-state index in [2.05, 4.69) is 79.7 Å². The molecular formula is C31H36O4P+. The van der Waals surface area contributed by atoms with E-state index in [1.54, 1.807) is 0 Å². The van der Waals surface area contributed by atoms with Gasteiger partial charge in [0, 0.05) is 0 Å². The van der Waals surface area contributed by atoms with Crippen molar-refractivity contribution in [2.75, 3.05) is 20.4 Å². The van der Waals surface area contributed by atoms with Gasteiger partial charge in [-0.05, 0) is 54.8 Å². The standard InChI is InChI=1S/C31H36O4P/c1-4-5-6-10-17-25(29(30(32)34-2)31(33)35-3)24-36(26-18-11-7-12-19-26,27-20-13-8-14-21-27)28-22-15-9-16-23-28/h7-9,11-16,18-23H,4-6,10,17,24H2,1-3H3/q+1. The first-order chi connectivity index (χ1) is 17.6. The minimum Gasteiger partial charge on any atom is -0.465 e. The molecule has 4 nitrogen and oxygen atoms in total. The van der Waals surface area contributed by atoms with Crippen LogP contribution in [-0.2, 0) is 19.1 Å². The Morgan fingerprint density at radius 3 is 1.42 bits per heavy atom. The van der Waals surface area contributed by atoms with Crippen molar-refractivity contribution >= 4 is 35.1 Å². The van der Waals surface area contributed by atoms with Crippen LogP contribution >= 0.6 is 7.26 Å². The fraction of sp³-hybridized carbons (Fsp3) is 0.290. The van der Waals surface area contributed by atoms with Crippen LogP contribution in [0.3, 0.4) is 0 Å². The number of ether oxygens (including phenoxy) is 2. The summed E-state index contributed by atoms with van der Waals surface area (Å²) in [7, 11) is 0.334. The lowest BCUT2D eigenvalue weighted by molar-refractivity contribution is -0.144. The Balaban J connectivity index is 2.32. The SMILES string of the molecule is CCCCCCC(C[P+](c1ccccc1)(c1ccccc1)c1ccccc1)=C(C(=O)OC)C(=O)OC. The highest BCUT2D eigenvalue weighted by molar-refractivity contribution is 7.95. The van der Waals surface area contributed by atoms with Gasteiger partial charge in [0.1, 0.15) is 28.7 Å². The highest BCUT2D eigenvalue weighted by atomic mass is 31.2. The summed E-state index contributed by atoms with van der Waals surface area (Å²) in [5.41, 5.74) is 0.832. The molecule has 0 spiro atoms. The zero-order chi connectivity index (χ0) is 25.8. The van der Waals surface area contributed by atoms with Gasteiger partial charge >= 0.3 is 11.9 Å². The van der Waals surface area contributed by atoms with Gasteiger partial charge < -0.3 is 9.47 Å². The molecule has 0 amide bonds. The third-order valence-electron chi connectivity index (χ3n) is 6.48. The molecule has 0 atom stereocenters. The van der Waals surface area contributed by atoms with Crippen LogP contribution in [0.4, 0.5) is 0 Å². The Kier molecular flexibility index (Phi) is 10.5. The molecule has 0 aliphatic heterocycles. The molecule has 3 rings (SSSR count).